The van der Waals surface area contributed by atoms with Gasteiger partial charge in [0, 0.05) is 18.7 Å². The minimum atomic E-state index is -0.357. The number of fused-ring (bicyclic) bond motifs is 1. The number of nitrogens with one attached hydrogen (secondary N) is 1. The molecule has 1 N–H and O–H groups in total. The van der Waals surface area contributed by atoms with Gasteiger partial charge in [-0.15, -0.1) is 0 Å². The monoisotopic (exact) mass is 274 g/mol. The molecule has 2 unspecified atom stereocenters. The summed E-state index contributed by atoms with van der Waals surface area (Å²) in [5.41, 5.74) is 0.929. The maximum atomic E-state index is 12.7. The summed E-state index contributed by atoms with van der Waals surface area (Å²) in [5, 5.41) is 2.81. The van der Waals surface area contributed by atoms with Gasteiger partial charge in [0.2, 0.25) is 11.8 Å². The number of amides is 2. The summed E-state index contributed by atoms with van der Waals surface area (Å²) in [6.45, 7) is 3.39. The molecule has 106 valence electrons. The van der Waals surface area contributed by atoms with Crippen molar-refractivity contribution < 1.29 is 14.3 Å². The molecule has 0 radical (unpaired) electrons. The van der Waals surface area contributed by atoms with Crippen LogP contribution in [-0.2, 0) is 9.59 Å². The van der Waals surface area contributed by atoms with E-state index < -0.39 is 0 Å². The number of piperazine rings is 1. The van der Waals surface area contributed by atoms with Gasteiger partial charge in [0.05, 0.1) is 0 Å². The van der Waals surface area contributed by atoms with Gasteiger partial charge in [0.25, 0.3) is 0 Å². The Bertz CT molecular complexity index is 544. The molecule has 3 rings (SSSR count). The molecular weight excluding hydrogens is 256 g/mol. The Labute approximate surface area is 117 Å². The molecule has 2 heterocycles. The van der Waals surface area contributed by atoms with E-state index >= 15 is 0 Å². The van der Waals surface area contributed by atoms with Crippen LogP contribution in [0.4, 0.5) is 0 Å². The Hall–Kier alpha value is -2.04. The first-order valence-corrected chi connectivity index (χ1v) is 7.02. The molecule has 0 aliphatic carbocycles. The largest absolute Gasteiger partial charge is 0.492 e. The van der Waals surface area contributed by atoms with Gasteiger partial charge in [0.1, 0.15) is 24.3 Å². The average Bonchev–Trinajstić information content (AvgIpc) is 2.90. The van der Waals surface area contributed by atoms with E-state index in [1.807, 2.05) is 31.2 Å². The normalized spacial score (nSPS) is 24.9. The number of nitrogens with zero attached hydrogens (tertiary/aromatic N) is 1. The molecule has 2 aliphatic heterocycles. The van der Waals surface area contributed by atoms with Crippen molar-refractivity contribution in [1.29, 1.82) is 0 Å². The third-order valence-corrected chi connectivity index (χ3v) is 4.00. The summed E-state index contributed by atoms with van der Waals surface area (Å²) in [5.74, 6) is 0.433. The number of carbonyl (C=O) groups excluding carboxylic acids is 2. The Morgan fingerprint density at radius 2 is 2.25 bits per heavy atom. The summed E-state index contributed by atoms with van der Waals surface area (Å²) in [4.78, 5) is 26.3. The van der Waals surface area contributed by atoms with Crippen LogP contribution in [0.1, 0.15) is 24.8 Å². The van der Waals surface area contributed by atoms with E-state index in [4.69, 9.17) is 4.74 Å². The highest BCUT2D eigenvalue weighted by Crippen LogP contribution is 2.35. The van der Waals surface area contributed by atoms with Crippen molar-refractivity contribution in [3.63, 3.8) is 0 Å². The van der Waals surface area contributed by atoms with Crippen LogP contribution in [0.15, 0.2) is 24.3 Å². The third kappa shape index (κ3) is 2.03. The summed E-state index contributed by atoms with van der Waals surface area (Å²) in [6.07, 6.45) is 0.632. The van der Waals surface area contributed by atoms with E-state index in [9.17, 15) is 9.59 Å². The predicted molar refractivity (Wildman–Crippen MR) is 73.5 cm³/mol. The fraction of sp³-hybridized carbons (Fsp3) is 0.467. The van der Waals surface area contributed by atoms with Gasteiger partial charge in [-0.2, -0.15) is 0 Å². The molecule has 0 bridgehead atoms. The maximum Gasteiger partial charge on any atom is 0.242 e. The van der Waals surface area contributed by atoms with Crippen LogP contribution in [-0.4, -0.2) is 42.5 Å². The van der Waals surface area contributed by atoms with Crippen LogP contribution in [0.2, 0.25) is 0 Å². The minimum Gasteiger partial charge on any atom is -0.492 e. The van der Waals surface area contributed by atoms with Crippen molar-refractivity contribution in [2.45, 2.75) is 25.3 Å². The molecule has 1 aromatic rings. The minimum absolute atomic E-state index is 0.00310. The smallest absolute Gasteiger partial charge is 0.242 e. The zero-order valence-electron chi connectivity index (χ0n) is 11.5. The Morgan fingerprint density at radius 1 is 1.45 bits per heavy atom. The van der Waals surface area contributed by atoms with Gasteiger partial charge in [-0.05, 0) is 12.5 Å². The Kier molecular flexibility index (Phi) is 3.34. The van der Waals surface area contributed by atoms with Crippen molar-refractivity contribution in [1.82, 2.24) is 10.2 Å². The number of ether oxygens (including phenoxy) is 1. The fourth-order valence-corrected chi connectivity index (χ4v) is 2.95. The van der Waals surface area contributed by atoms with E-state index in [-0.39, 0.29) is 23.8 Å². The second-order valence-corrected chi connectivity index (χ2v) is 5.15. The second kappa shape index (κ2) is 5.15. The Morgan fingerprint density at radius 3 is 3.05 bits per heavy atom. The standard InChI is InChI=1S/C15H18N2O3/c1-2-12-14(18)16-7-8-17(12)15(19)11-9-20-13-6-4-3-5-10(11)13/h3-6,11-12H,2,7-9H2,1H3,(H,16,18). The first-order valence-electron chi connectivity index (χ1n) is 7.02. The highest BCUT2D eigenvalue weighted by molar-refractivity contribution is 5.92. The highest BCUT2D eigenvalue weighted by Gasteiger charge is 2.38. The SMILES string of the molecule is CCC1C(=O)NCCN1C(=O)C1COc2ccccc21. The van der Waals surface area contributed by atoms with Crippen molar-refractivity contribution in [2.75, 3.05) is 19.7 Å². The lowest BCUT2D eigenvalue weighted by Gasteiger charge is -2.35. The van der Waals surface area contributed by atoms with E-state index in [0.29, 0.717) is 26.1 Å². The molecule has 0 spiro atoms. The molecule has 2 amide bonds. The molecule has 2 aliphatic rings. The van der Waals surface area contributed by atoms with Crippen LogP contribution in [0, 0.1) is 0 Å². The molecular formula is C15H18N2O3. The quantitative estimate of drug-likeness (QED) is 0.871. The van der Waals surface area contributed by atoms with Gasteiger partial charge >= 0.3 is 0 Å². The summed E-state index contributed by atoms with van der Waals surface area (Å²) in [6, 6.07) is 7.26. The number of rotatable bonds is 2. The van der Waals surface area contributed by atoms with Crippen molar-refractivity contribution in [2.24, 2.45) is 0 Å². The van der Waals surface area contributed by atoms with E-state index in [1.165, 1.54) is 0 Å². The lowest BCUT2D eigenvalue weighted by atomic mass is 9.98. The number of hydrogen-bond acceptors (Lipinski definition) is 3. The molecule has 20 heavy (non-hydrogen) atoms. The first kappa shape index (κ1) is 13.0. The van der Waals surface area contributed by atoms with E-state index in [0.717, 1.165) is 11.3 Å². The molecule has 0 saturated carbocycles. The summed E-state index contributed by atoms with van der Waals surface area (Å²) >= 11 is 0. The van der Waals surface area contributed by atoms with E-state index in [2.05, 4.69) is 5.32 Å². The number of hydrogen-bond donors (Lipinski definition) is 1. The fourth-order valence-electron chi connectivity index (χ4n) is 2.95. The molecule has 2 atom stereocenters. The van der Waals surface area contributed by atoms with Gasteiger partial charge in [-0.3, -0.25) is 9.59 Å². The Balaban J connectivity index is 1.84. The highest BCUT2D eigenvalue weighted by atomic mass is 16.5. The molecule has 5 nitrogen and oxygen atoms in total. The summed E-state index contributed by atoms with van der Waals surface area (Å²) < 4.78 is 5.57. The number of carbonyl (C=O) groups is 2. The molecule has 1 saturated heterocycles. The molecule has 0 aromatic heterocycles. The van der Waals surface area contributed by atoms with Crippen LogP contribution in [0.25, 0.3) is 0 Å². The first-order chi connectivity index (χ1) is 9.72. The molecule has 5 heteroatoms. The number of para-hydroxylation sites is 1. The van der Waals surface area contributed by atoms with Crippen LogP contribution in [0.5, 0.6) is 5.75 Å². The van der Waals surface area contributed by atoms with Crippen LogP contribution >= 0.6 is 0 Å². The van der Waals surface area contributed by atoms with Gasteiger partial charge < -0.3 is 15.0 Å². The summed E-state index contributed by atoms with van der Waals surface area (Å²) in [7, 11) is 0. The maximum absolute atomic E-state index is 12.7. The van der Waals surface area contributed by atoms with Crippen molar-refractivity contribution >= 4 is 11.8 Å². The zero-order chi connectivity index (χ0) is 14.1. The van der Waals surface area contributed by atoms with Gasteiger partial charge in [0.15, 0.2) is 0 Å². The lowest BCUT2D eigenvalue weighted by molar-refractivity contribution is -0.144. The topological polar surface area (TPSA) is 58.6 Å². The molecule has 1 fully saturated rings. The van der Waals surface area contributed by atoms with E-state index in [1.54, 1.807) is 4.90 Å². The predicted octanol–water partition coefficient (Wildman–Crippen LogP) is 0.900. The van der Waals surface area contributed by atoms with Crippen LogP contribution in [0.3, 0.4) is 0 Å². The zero-order valence-corrected chi connectivity index (χ0v) is 11.5. The van der Waals surface area contributed by atoms with Gasteiger partial charge in [-0.1, -0.05) is 25.1 Å². The number of benzene rings is 1. The lowest BCUT2D eigenvalue weighted by Crippen LogP contribution is -2.57. The third-order valence-electron chi connectivity index (χ3n) is 4.00. The van der Waals surface area contributed by atoms with Gasteiger partial charge in [-0.25, -0.2) is 0 Å². The van der Waals surface area contributed by atoms with Crippen LogP contribution < -0.4 is 10.1 Å². The van der Waals surface area contributed by atoms with Crippen molar-refractivity contribution in [3.05, 3.63) is 29.8 Å². The van der Waals surface area contributed by atoms with Crippen molar-refractivity contribution in [3.8, 4) is 5.75 Å². The molecule has 1 aromatic carbocycles. The average molecular weight is 274 g/mol. The second-order valence-electron chi connectivity index (χ2n) is 5.15.